The van der Waals surface area contributed by atoms with Crippen molar-refractivity contribution in [3.05, 3.63) is 64.2 Å². The normalized spacial score (nSPS) is 20.8. The van der Waals surface area contributed by atoms with E-state index in [1.165, 1.54) is 4.90 Å². The summed E-state index contributed by atoms with van der Waals surface area (Å²) < 4.78 is 0. The predicted octanol–water partition coefficient (Wildman–Crippen LogP) is 3.98. The molecule has 0 aliphatic carbocycles. The first-order valence-electron chi connectivity index (χ1n) is 11.3. The number of piperidine rings is 1. The van der Waals surface area contributed by atoms with Crippen molar-refractivity contribution in [3.8, 4) is 0 Å². The third-order valence-corrected chi connectivity index (χ3v) is 7.16. The molecule has 0 bridgehead atoms. The summed E-state index contributed by atoms with van der Waals surface area (Å²) in [5.74, 6) is -0.436. The standard InChI is InChI=1S/C25H26ClN3O3/c26-20-10-2-1-7-17(20)16-29-24(31)19-9-5-11-21(22(19)25(29)32)28-14-6-8-18(15-28)23(30)27-12-3-4-13-27/h1-2,5,7,9-11,18H,3-4,6,8,12-16H2/t18-/m0/s1. The molecule has 3 aliphatic heterocycles. The van der Waals surface area contributed by atoms with Crippen LogP contribution in [0.2, 0.25) is 5.02 Å². The average Bonchev–Trinajstić information content (AvgIpc) is 3.44. The monoisotopic (exact) mass is 451 g/mol. The summed E-state index contributed by atoms with van der Waals surface area (Å²) in [6.45, 7) is 3.19. The zero-order valence-corrected chi connectivity index (χ0v) is 18.7. The number of likely N-dealkylation sites (tertiary alicyclic amines) is 1. The van der Waals surface area contributed by atoms with Gasteiger partial charge in [-0.3, -0.25) is 19.3 Å². The second kappa shape index (κ2) is 8.58. The molecule has 2 fully saturated rings. The van der Waals surface area contributed by atoms with Crippen molar-refractivity contribution < 1.29 is 14.4 Å². The van der Waals surface area contributed by atoms with Crippen molar-refractivity contribution in [1.82, 2.24) is 9.80 Å². The molecule has 0 aromatic heterocycles. The Hall–Kier alpha value is -2.86. The lowest BCUT2D eigenvalue weighted by atomic mass is 9.95. The molecule has 7 heteroatoms. The Kier molecular flexibility index (Phi) is 5.64. The van der Waals surface area contributed by atoms with E-state index in [0.29, 0.717) is 22.7 Å². The second-order valence-electron chi connectivity index (χ2n) is 8.81. The third kappa shape index (κ3) is 3.66. The van der Waals surface area contributed by atoms with Crippen molar-refractivity contribution in [2.45, 2.75) is 32.2 Å². The topological polar surface area (TPSA) is 60.9 Å². The number of fused-ring (bicyclic) bond motifs is 1. The molecule has 0 unspecified atom stereocenters. The van der Waals surface area contributed by atoms with Gasteiger partial charge in [-0.2, -0.15) is 0 Å². The van der Waals surface area contributed by atoms with Crippen molar-refractivity contribution in [3.63, 3.8) is 0 Å². The number of hydrogen-bond acceptors (Lipinski definition) is 4. The van der Waals surface area contributed by atoms with Gasteiger partial charge >= 0.3 is 0 Å². The van der Waals surface area contributed by atoms with Crippen molar-refractivity contribution in [2.75, 3.05) is 31.1 Å². The minimum absolute atomic E-state index is 0.0656. The lowest BCUT2D eigenvalue weighted by Gasteiger charge is -2.36. The summed E-state index contributed by atoms with van der Waals surface area (Å²) >= 11 is 6.27. The van der Waals surface area contributed by atoms with Crippen LogP contribution in [0.15, 0.2) is 42.5 Å². The Balaban J connectivity index is 1.40. The zero-order valence-electron chi connectivity index (χ0n) is 17.9. The highest BCUT2D eigenvalue weighted by molar-refractivity contribution is 6.31. The van der Waals surface area contributed by atoms with Crippen LogP contribution in [0.1, 0.15) is 52.0 Å². The minimum atomic E-state index is -0.298. The summed E-state index contributed by atoms with van der Waals surface area (Å²) in [6.07, 6.45) is 3.91. The van der Waals surface area contributed by atoms with Crippen molar-refractivity contribution >= 4 is 35.0 Å². The van der Waals surface area contributed by atoms with E-state index in [1.807, 2.05) is 35.2 Å². The summed E-state index contributed by atoms with van der Waals surface area (Å²) in [5.41, 5.74) is 2.35. The molecular weight excluding hydrogens is 426 g/mol. The molecule has 166 valence electrons. The van der Waals surface area contributed by atoms with Crippen LogP contribution in [0, 0.1) is 5.92 Å². The maximum Gasteiger partial charge on any atom is 0.263 e. The molecule has 0 radical (unpaired) electrons. The molecule has 2 aromatic carbocycles. The molecule has 0 saturated carbocycles. The van der Waals surface area contributed by atoms with E-state index < -0.39 is 0 Å². The molecular formula is C25H26ClN3O3. The number of carbonyl (C=O) groups excluding carboxylic acids is 3. The van der Waals surface area contributed by atoms with Crippen molar-refractivity contribution in [2.24, 2.45) is 5.92 Å². The Morgan fingerprint density at radius 3 is 2.50 bits per heavy atom. The van der Waals surface area contributed by atoms with Gasteiger partial charge in [-0.1, -0.05) is 35.9 Å². The molecule has 6 nitrogen and oxygen atoms in total. The summed E-state index contributed by atoms with van der Waals surface area (Å²) in [7, 11) is 0. The van der Waals surface area contributed by atoms with Crippen LogP contribution in [-0.4, -0.2) is 53.7 Å². The number of halogens is 1. The lowest BCUT2D eigenvalue weighted by molar-refractivity contribution is -0.134. The number of rotatable bonds is 4. The highest BCUT2D eigenvalue weighted by Crippen LogP contribution is 2.35. The maximum atomic E-state index is 13.4. The Morgan fingerprint density at radius 1 is 0.938 bits per heavy atom. The van der Waals surface area contributed by atoms with E-state index in [2.05, 4.69) is 4.90 Å². The lowest BCUT2D eigenvalue weighted by Crippen LogP contribution is -2.44. The maximum absolute atomic E-state index is 13.4. The van der Waals surface area contributed by atoms with E-state index in [9.17, 15) is 14.4 Å². The number of nitrogens with zero attached hydrogens (tertiary/aromatic N) is 3. The largest absolute Gasteiger partial charge is 0.370 e. The van der Waals surface area contributed by atoms with Gasteiger partial charge < -0.3 is 9.80 Å². The van der Waals surface area contributed by atoms with Gasteiger partial charge in [0.05, 0.1) is 29.3 Å². The molecule has 32 heavy (non-hydrogen) atoms. The molecule has 3 amide bonds. The van der Waals surface area contributed by atoms with Gasteiger partial charge in [-0.05, 0) is 49.4 Å². The van der Waals surface area contributed by atoms with E-state index in [4.69, 9.17) is 11.6 Å². The van der Waals surface area contributed by atoms with Crippen LogP contribution in [-0.2, 0) is 11.3 Å². The van der Waals surface area contributed by atoms with Gasteiger partial charge in [0, 0.05) is 31.2 Å². The Bertz CT molecular complexity index is 1080. The van der Waals surface area contributed by atoms with Gasteiger partial charge in [-0.15, -0.1) is 0 Å². The van der Waals surface area contributed by atoms with Crippen LogP contribution in [0.5, 0.6) is 0 Å². The second-order valence-corrected chi connectivity index (χ2v) is 9.21. The van der Waals surface area contributed by atoms with Gasteiger partial charge in [0.15, 0.2) is 0 Å². The molecule has 0 N–H and O–H groups in total. The molecule has 2 aromatic rings. The fourth-order valence-electron chi connectivity index (χ4n) is 5.11. The zero-order chi connectivity index (χ0) is 22.2. The first-order valence-corrected chi connectivity index (χ1v) is 11.7. The fourth-order valence-corrected chi connectivity index (χ4v) is 5.31. The van der Waals surface area contributed by atoms with Crippen LogP contribution in [0.4, 0.5) is 5.69 Å². The highest BCUT2D eigenvalue weighted by Gasteiger charge is 2.40. The molecule has 2 saturated heterocycles. The molecule has 3 heterocycles. The summed E-state index contributed by atoms with van der Waals surface area (Å²) in [4.78, 5) is 44.8. The Morgan fingerprint density at radius 2 is 1.72 bits per heavy atom. The first-order chi connectivity index (χ1) is 15.5. The first kappa shape index (κ1) is 21.0. The van der Waals surface area contributed by atoms with Crippen LogP contribution in [0.25, 0.3) is 0 Å². The van der Waals surface area contributed by atoms with Gasteiger partial charge in [0.2, 0.25) is 5.91 Å². The quantitative estimate of drug-likeness (QED) is 0.660. The van der Waals surface area contributed by atoms with Gasteiger partial charge in [0.25, 0.3) is 11.8 Å². The number of imide groups is 1. The van der Waals surface area contributed by atoms with E-state index in [-0.39, 0.29) is 30.2 Å². The van der Waals surface area contributed by atoms with E-state index in [0.717, 1.165) is 56.6 Å². The van der Waals surface area contributed by atoms with Crippen LogP contribution >= 0.6 is 11.6 Å². The predicted molar refractivity (Wildman–Crippen MR) is 123 cm³/mol. The number of hydrogen-bond donors (Lipinski definition) is 0. The number of carbonyl (C=O) groups is 3. The van der Waals surface area contributed by atoms with Crippen LogP contribution < -0.4 is 4.90 Å². The van der Waals surface area contributed by atoms with Crippen LogP contribution in [0.3, 0.4) is 0 Å². The van der Waals surface area contributed by atoms with E-state index in [1.54, 1.807) is 12.1 Å². The molecule has 0 spiro atoms. The number of amides is 3. The van der Waals surface area contributed by atoms with Crippen molar-refractivity contribution in [1.29, 1.82) is 0 Å². The Labute approximate surface area is 192 Å². The van der Waals surface area contributed by atoms with Gasteiger partial charge in [0.1, 0.15) is 0 Å². The number of benzene rings is 2. The highest BCUT2D eigenvalue weighted by atomic mass is 35.5. The SMILES string of the molecule is O=C([C@H]1CCCN(c2cccc3c2C(=O)N(Cc2ccccc2Cl)C3=O)C1)N1CCCC1. The number of anilines is 1. The molecule has 1 atom stereocenters. The van der Waals surface area contributed by atoms with Gasteiger partial charge in [-0.25, -0.2) is 0 Å². The summed E-state index contributed by atoms with van der Waals surface area (Å²) in [6, 6.07) is 12.7. The summed E-state index contributed by atoms with van der Waals surface area (Å²) in [5, 5.41) is 0.531. The average molecular weight is 452 g/mol. The smallest absolute Gasteiger partial charge is 0.263 e. The van der Waals surface area contributed by atoms with E-state index >= 15 is 0 Å². The molecule has 3 aliphatic rings. The fraction of sp³-hybridized carbons (Fsp3) is 0.400. The molecule has 5 rings (SSSR count). The minimum Gasteiger partial charge on any atom is -0.370 e. The third-order valence-electron chi connectivity index (χ3n) is 6.79.